The largest absolute Gasteiger partial charge is 0.490 e. The number of carbonyl (C=O) groups is 1. The van der Waals surface area contributed by atoms with Crippen LogP contribution in [0.3, 0.4) is 0 Å². The molecule has 1 amide bonds. The van der Waals surface area contributed by atoms with Crippen LogP contribution in [0.2, 0.25) is 0 Å². The molecule has 1 aliphatic rings. The zero-order valence-corrected chi connectivity index (χ0v) is 13.7. The smallest absolute Gasteiger partial charge is 0.224 e. The number of fused-ring (bicyclic) bond motifs is 1. The summed E-state index contributed by atoms with van der Waals surface area (Å²) in [6.45, 7) is 5.68. The Labute approximate surface area is 135 Å². The maximum atomic E-state index is 11.4. The Morgan fingerprint density at radius 1 is 1.39 bits per heavy atom. The summed E-state index contributed by atoms with van der Waals surface area (Å²) in [6.07, 6.45) is 0.182. The Morgan fingerprint density at radius 2 is 2.13 bits per heavy atom. The number of aliphatic hydroxyl groups excluding tert-OH is 1. The number of rotatable bonds is 6. The van der Waals surface area contributed by atoms with E-state index in [4.69, 9.17) is 4.74 Å². The summed E-state index contributed by atoms with van der Waals surface area (Å²) < 4.78 is 5.69. The maximum absolute atomic E-state index is 11.4. The van der Waals surface area contributed by atoms with E-state index in [0.717, 1.165) is 11.3 Å². The summed E-state index contributed by atoms with van der Waals surface area (Å²) in [5, 5.41) is 17.1. The third-order valence-electron chi connectivity index (χ3n) is 3.70. The molecule has 7 nitrogen and oxygen atoms in total. The SMILES string of the molecule is CC(C)(C)N(CC(O)COc1cccc2c1CCC(=O)N2)N=O. The van der Waals surface area contributed by atoms with Gasteiger partial charge < -0.3 is 15.2 Å². The summed E-state index contributed by atoms with van der Waals surface area (Å²) in [6, 6.07) is 5.43. The van der Waals surface area contributed by atoms with E-state index in [0.29, 0.717) is 18.6 Å². The molecular formula is C16H23N3O4. The molecule has 0 bridgehead atoms. The van der Waals surface area contributed by atoms with Crippen molar-refractivity contribution < 1.29 is 14.6 Å². The van der Waals surface area contributed by atoms with Crippen molar-refractivity contribution in [3.05, 3.63) is 28.7 Å². The molecule has 2 rings (SSSR count). The third-order valence-corrected chi connectivity index (χ3v) is 3.70. The highest BCUT2D eigenvalue weighted by Crippen LogP contribution is 2.31. The number of amides is 1. The number of nitrogens with zero attached hydrogens (tertiary/aromatic N) is 2. The van der Waals surface area contributed by atoms with Gasteiger partial charge in [-0.15, -0.1) is 4.91 Å². The lowest BCUT2D eigenvalue weighted by molar-refractivity contribution is -0.116. The van der Waals surface area contributed by atoms with Crippen molar-refractivity contribution in [2.75, 3.05) is 18.5 Å². The van der Waals surface area contributed by atoms with Gasteiger partial charge in [0.2, 0.25) is 5.91 Å². The first-order valence-electron chi connectivity index (χ1n) is 7.65. The molecule has 0 saturated heterocycles. The highest BCUT2D eigenvalue weighted by atomic mass is 16.5. The molecule has 23 heavy (non-hydrogen) atoms. The van der Waals surface area contributed by atoms with E-state index in [1.807, 2.05) is 32.9 Å². The average molecular weight is 321 g/mol. The Morgan fingerprint density at radius 3 is 2.78 bits per heavy atom. The Kier molecular flexibility index (Phi) is 5.20. The molecule has 126 valence electrons. The normalized spacial score (nSPS) is 15.4. The monoisotopic (exact) mass is 321 g/mol. The minimum atomic E-state index is -0.846. The zero-order chi connectivity index (χ0) is 17.0. The third kappa shape index (κ3) is 4.41. The van der Waals surface area contributed by atoms with Crippen LogP contribution >= 0.6 is 0 Å². The Balaban J connectivity index is 1.97. The fourth-order valence-electron chi connectivity index (χ4n) is 2.40. The molecular weight excluding hydrogens is 298 g/mol. The van der Waals surface area contributed by atoms with Gasteiger partial charge in [0.15, 0.2) is 0 Å². The van der Waals surface area contributed by atoms with Gasteiger partial charge in [-0.2, -0.15) is 0 Å². The van der Waals surface area contributed by atoms with Gasteiger partial charge in [-0.05, 0) is 39.3 Å². The van der Waals surface area contributed by atoms with E-state index in [1.54, 1.807) is 6.07 Å². The van der Waals surface area contributed by atoms with Crippen molar-refractivity contribution in [1.29, 1.82) is 0 Å². The lowest BCUT2D eigenvalue weighted by atomic mass is 10.0. The summed E-state index contributed by atoms with van der Waals surface area (Å²) in [5.41, 5.74) is 1.22. The number of hydrogen-bond donors (Lipinski definition) is 2. The van der Waals surface area contributed by atoms with Crippen molar-refractivity contribution >= 4 is 11.6 Å². The van der Waals surface area contributed by atoms with Gasteiger partial charge >= 0.3 is 0 Å². The van der Waals surface area contributed by atoms with Crippen LogP contribution in [0.4, 0.5) is 5.69 Å². The number of ether oxygens (including phenoxy) is 1. The number of nitrogens with one attached hydrogen (secondary N) is 1. The molecule has 0 spiro atoms. The van der Waals surface area contributed by atoms with Gasteiger partial charge in [0, 0.05) is 17.7 Å². The number of β-amino-alcohol motifs (C(OH)–C–C–N with tert-alkyl or cyclic N) is 1. The van der Waals surface area contributed by atoms with Crippen molar-refractivity contribution in [2.45, 2.75) is 45.3 Å². The van der Waals surface area contributed by atoms with Crippen molar-refractivity contribution in [2.24, 2.45) is 5.29 Å². The minimum absolute atomic E-state index is 0.00689. The summed E-state index contributed by atoms with van der Waals surface area (Å²) in [7, 11) is 0. The topological polar surface area (TPSA) is 91.2 Å². The van der Waals surface area contributed by atoms with Crippen LogP contribution in [0, 0.1) is 4.91 Å². The Bertz CT molecular complexity index is 583. The van der Waals surface area contributed by atoms with Gasteiger partial charge in [-0.3, -0.25) is 9.80 Å². The second-order valence-corrected chi connectivity index (χ2v) is 6.63. The van der Waals surface area contributed by atoms with Crippen LogP contribution in [0.15, 0.2) is 23.5 Å². The number of hydrogen-bond acceptors (Lipinski definition) is 5. The van der Waals surface area contributed by atoms with Gasteiger partial charge in [0.1, 0.15) is 18.5 Å². The van der Waals surface area contributed by atoms with Gasteiger partial charge in [-0.25, -0.2) is 0 Å². The molecule has 0 aromatic heterocycles. The van der Waals surface area contributed by atoms with E-state index in [-0.39, 0.29) is 19.1 Å². The molecule has 0 aliphatic carbocycles. The van der Waals surface area contributed by atoms with E-state index in [1.165, 1.54) is 5.01 Å². The van der Waals surface area contributed by atoms with Crippen molar-refractivity contribution in [3.8, 4) is 5.75 Å². The first-order chi connectivity index (χ1) is 10.8. The second kappa shape index (κ2) is 6.95. The van der Waals surface area contributed by atoms with E-state index in [9.17, 15) is 14.8 Å². The number of carbonyl (C=O) groups excluding carboxylic acids is 1. The number of nitroso groups, excluding NO2 is 1. The molecule has 0 fully saturated rings. The summed E-state index contributed by atoms with van der Waals surface area (Å²) >= 11 is 0. The lowest BCUT2D eigenvalue weighted by Crippen LogP contribution is -2.43. The fraction of sp³-hybridized carbons (Fsp3) is 0.562. The van der Waals surface area contributed by atoms with Crippen LogP contribution in [0.25, 0.3) is 0 Å². The summed E-state index contributed by atoms with van der Waals surface area (Å²) in [5.74, 6) is 0.635. The standard InChI is InChI=1S/C16H23N3O4/c1-16(2,3)19(18-22)9-11(20)10-23-14-6-4-5-13-12(14)7-8-15(21)17-13/h4-6,11,20H,7-10H2,1-3H3,(H,17,21). The molecule has 1 atom stereocenters. The molecule has 1 unspecified atom stereocenters. The minimum Gasteiger partial charge on any atom is -0.490 e. The number of anilines is 1. The van der Waals surface area contributed by atoms with Crippen LogP contribution in [-0.2, 0) is 11.2 Å². The molecule has 1 aliphatic heterocycles. The second-order valence-electron chi connectivity index (χ2n) is 6.63. The predicted octanol–water partition coefficient (Wildman–Crippen LogP) is 2.09. The van der Waals surface area contributed by atoms with Crippen LogP contribution in [0.5, 0.6) is 5.75 Å². The first kappa shape index (κ1) is 17.2. The zero-order valence-electron chi connectivity index (χ0n) is 13.7. The maximum Gasteiger partial charge on any atom is 0.224 e. The average Bonchev–Trinajstić information content (AvgIpc) is 2.48. The quantitative estimate of drug-likeness (QED) is 0.618. The molecule has 2 N–H and O–H groups in total. The van der Waals surface area contributed by atoms with Gasteiger partial charge in [0.25, 0.3) is 0 Å². The predicted molar refractivity (Wildman–Crippen MR) is 87.1 cm³/mol. The highest BCUT2D eigenvalue weighted by molar-refractivity contribution is 5.94. The molecule has 0 radical (unpaired) electrons. The Hall–Kier alpha value is -2.15. The molecule has 1 aromatic rings. The van der Waals surface area contributed by atoms with E-state index in [2.05, 4.69) is 10.6 Å². The molecule has 1 aromatic carbocycles. The van der Waals surface area contributed by atoms with Gasteiger partial charge in [-0.1, -0.05) is 6.07 Å². The molecule has 0 saturated carbocycles. The number of aliphatic hydroxyl groups is 1. The van der Waals surface area contributed by atoms with E-state index < -0.39 is 11.6 Å². The van der Waals surface area contributed by atoms with Crippen molar-refractivity contribution in [1.82, 2.24) is 5.01 Å². The fourth-order valence-corrected chi connectivity index (χ4v) is 2.40. The van der Waals surface area contributed by atoms with Crippen LogP contribution < -0.4 is 10.1 Å². The van der Waals surface area contributed by atoms with Crippen LogP contribution in [-0.4, -0.2) is 40.8 Å². The van der Waals surface area contributed by atoms with Crippen molar-refractivity contribution in [3.63, 3.8) is 0 Å². The van der Waals surface area contributed by atoms with Crippen LogP contribution in [0.1, 0.15) is 32.8 Å². The first-order valence-corrected chi connectivity index (χ1v) is 7.65. The lowest BCUT2D eigenvalue weighted by Gasteiger charge is -2.31. The molecule has 1 heterocycles. The highest BCUT2D eigenvalue weighted by Gasteiger charge is 2.24. The van der Waals surface area contributed by atoms with Gasteiger partial charge in [0.05, 0.1) is 17.4 Å². The van der Waals surface area contributed by atoms with E-state index >= 15 is 0 Å². The number of benzene rings is 1. The molecule has 7 heteroatoms. The summed E-state index contributed by atoms with van der Waals surface area (Å²) in [4.78, 5) is 22.3.